The highest BCUT2D eigenvalue weighted by Gasteiger charge is 2.26. The summed E-state index contributed by atoms with van der Waals surface area (Å²) >= 11 is 0. The van der Waals surface area contributed by atoms with Crippen LogP contribution in [0, 0.1) is 13.8 Å². The molecule has 2 heterocycles. The minimum Gasteiger partial charge on any atom is -0.330 e. The topological polar surface area (TPSA) is 47.7 Å². The van der Waals surface area contributed by atoms with Crippen molar-refractivity contribution in [2.45, 2.75) is 64.7 Å². The SMILES string of the molecule is Cc1nn(Cc2cncn2C2CC2)c(C)c1CNC1CC1. The Kier molecular flexibility index (Phi) is 3.10. The average molecular weight is 285 g/mol. The molecule has 2 aliphatic rings. The quantitative estimate of drug-likeness (QED) is 0.886. The van der Waals surface area contributed by atoms with Crippen molar-refractivity contribution in [3.8, 4) is 0 Å². The Balaban J connectivity index is 1.53. The third-order valence-corrected chi connectivity index (χ3v) is 4.67. The zero-order valence-corrected chi connectivity index (χ0v) is 12.8. The molecule has 5 nitrogen and oxygen atoms in total. The number of aryl methyl sites for hydroxylation is 1. The van der Waals surface area contributed by atoms with Gasteiger partial charge in [-0.15, -0.1) is 0 Å². The molecule has 0 unspecified atom stereocenters. The molecule has 0 atom stereocenters. The summed E-state index contributed by atoms with van der Waals surface area (Å²) in [6, 6.07) is 1.42. The maximum atomic E-state index is 4.74. The van der Waals surface area contributed by atoms with E-state index in [4.69, 9.17) is 5.10 Å². The maximum absolute atomic E-state index is 4.74. The maximum Gasteiger partial charge on any atom is 0.0951 e. The van der Waals surface area contributed by atoms with Crippen molar-refractivity contribution in [2.75, 3.05) is 0 Å². The lowest BCUT2D eigenvalue weighted by atomic mass is 10.2. The van der Waals surface area contributed by atoms with Gasteiger partial charge in [0.15, 0.2) is 0 Å². The summed E-state index contributed by atoms with van der Waals surface area (Å²) in [5.41, 5.74) is 5.06. The summed E-state index contributed by atoms with van der Waals surface area (Å²) < 4.78 is 4.45. The van der Waals surface area contributed by atoms with Crippen LogP contribution >= 0.6 is 0 Å². The monoisotopic (exact) mass is 285 g/mol. The van der Waals surface area contributed by atoms with Crippen LogP contribution in [0.25, 0.3) is 0 Å². The lowest BCUT2D eigenvalue weighted by Crippen LogP contribution is -2.16. The van der Waals surface area contributed by atoms with E-state index in [1.807, 2.05) is 12.5 Å². The summed E-state index contributed by atoms with van der Waals surface area (Å²) in [6.07, 6.45) is 9.18. The summed E-state index contributed by atoms with van der Waals surface area (Å²) in [4.78, 5) is 4.32. The van der Waals surface area contributed by atoms with E-state index in [2.05, 4.69) is 33.4 Å². The van der Waals surface area contributed by atoms with Gasteiger partial charge in [0.1, 0.15) is 0 Å². The van der Waals surface area contributed by atoms with Crippen LogP contribution < -0.4 is 5.32 Å². The molecule has 2 aromatic heterocycles. The molecule has 0 saturated heterocycles. The summed E-state index contributed by atoms with van der Waals surface area (Å²) in [7, 11) is 0. The summed E-state index contributed by atoms with van der Waals surface area (Å²) in [5.74, 6) is 0. The molecular formula is C16H23N5. The van der Waals surface area contributed by atoms with Gasteiger partial charge in [0, 0.05) is 29.9 Å². The Morgan fingerprint density at radius 3 is 2.76 bits per heavy atom. The van der Waals surface area contributed by atoms with Gasteiger partial charge in [-0.05, 0) is 39.5 Å². The van der Waals surface area contributed by atoms with Crippen molar-refractivity contribution < 1.29 is 0 Å². The lowest BCUT2D eigenvalue weighted by Gasteiger charge is -2.09. The predicted molar refractivity (Wildman–Crippen MR) is 81.2 cm³/mol. The predicted octanol–water partition coefficient (Wildman–Crippen LogP) is 2.33. The van der Waals surface area contributed by atoms with Gasteiger partial charge in [-0.2, -0.15) is 5.10 Å². The first-order chi connectivity index (χ1) is 10.2. The van der Waals surface area contributed by atoms with Crippen LogP contribution in [0.5, 0.6) is 0 Å². The second kappa shape index (κ2) is 4.98. The van der Waals surface area contributed by atoms with Crippen LogP contribution in [0.1, 0.15) is 54.4 Å². The van der Waals surface area contributed by atoms with Gasteiger partial charge in [0.25, 0.3) is 0 Å². The molecule has 0 amide bonds. The molecule has 21 heavy (non-hydrogen) atoms. The fourth-order valence-corrected chi connectivity index (χ4v) is 2.97. The molecule has 0 radical (unpaired) electrons. The van der Waals surface area contributed by atoms with E-state index in [0.717, 1.165) is 24.8 Å². The molecule has 112 valence electrons. The molecule has 0 aromatic carbocycles. The lowest BCUT2D eigenvalue weighted by molar-refractivity contribution is 0.599. The fourth-order valence-electron chi connectivity index (χ4n) is 2.97. The number of hydrogen-bond acceptors (Lipinski definition) is 3. The van der Waals surface area contributed by atoms with Gasteiger partial charge < -0.3 is 9.88 Å². The van der Waals surface area contributed by atoms with Gasteiger partial charge >= 0.3 is 0 Å². The molecule has 0 aliphatic heterocycles. The van der Waals surface area contributed by atoms with Crippen LogP contribution in [0.15, 0.2) is 12.5 Å². The van der Waals surface area contributed by atoms with Crippen molar-refractivity contribution in [1.82, 2.24) is 24.6 Å². The Bertz CT molecular complexity index is 646. The number of nitrogens with zero attached hydrogens (tertiary/aromatic N) is 4. The molecule has 0 bridgehead atoms. The van der Waals surface area contributed by atoms with E-state index in [1.165, 1.54) is 42.6 Å². The highest BCUT2D eigenvalue weighted by molar-refractivity contribution is 5.25. The highest BCUT2D eigenvalue weighted by atomic mass is 15.3. The zero-order chi connectivity index (χ0) is 14.4. The van der Waals surface area contributed by atoms with E-state index < -0.39 is 0 Å². The molecule has 5 heteroatoms. The molecule has 4 rings (SSSR count). The number of hydrogen-bond donors (Lipinski definition) is 1. The van der Waals surface area contributed by atoms with Crippen molar-refractivity contribution in [3.63, 3.8) is 0 Å². The summed E-state index contributed by atoms with van der Waals surface area (Å²) in [6.45, 7) is 6.07. The largest absolute Gasteiger partial charge is 0.330 e. The Hall–Kier alpha value is -1.62. The Morgan fingerprint density at radius 2 is 2.05 bits per heavy atom. The van der Waals surface area contributed by atoms with Crippen molar-refractivity contribution >= 4 is 0 Å². The Morgan fingerprint density at radius 1 is 1.24 bits per heavy atom. The first-order valence-electron chi connectivity index (χ1n) is 7.99. The summed E-state index contributed by atoms with van der Waals surface area (Å²) in [5, 5.41) is 8.34. The molecular weight excluding hydrogens is 262 g/mol. The minimum absolute atomic E-state index is 0.676. The van der Waals surface area contributed by atoms with Crippen molar-refractivity contribution in [1.29, 1.82) is 0 Å². The van der Waals surface area contributed by atoms with Crippen LogP contribution in [0.3, 0.4) is 0 Å². The van der Waals surface area contributed by atoms with Gasteiger partial charge in [-0.25, -0.2) is 4.98 Å². The molecule has 2 aromatic rings. The third kappa shape index (κ3) is 2.62. The number of imidazole rings is 1. The molecule has 2 saturated carbocycles. The smallest absolute Gasteiger partial charge is 0.0951 e. The average Bonchev–Trinajstić information content (AvgIpc) is 3.38. The van der Waals surface area contributed by atoms with Crippen LogP contribution in [0.4, 0.5) is 0 Å². The van der Waals surface area contributed by atoms with Crippen molar-refractivity contribution in [3.05, 3.63) is 35.2 Å². The molecule has 1 N–H and O–H groups in total. The van der Waals surface area contributed by atoms with Crippen molar-refractivity contribution in [2.24, 2.45) is 0 Å². The number of nitrogens with one attached hydrogen (secondary N) is 1. The third-order valence-electron chi connectivity index (χ3n) is 4.67. The van der Waals surface area contributed by atoms with E-state index in [-0.39, 0.29) is 0 Å². The van der Waals surface area contributed by atoms with Crippen LogP contribution in [0.2, 0.25) is 0 Å². The van der Waals surface area contributed by atoms with E-state index in [0.29, 0.717) is 6.04 Å². The Labute approximate surface area is 125 Å². The molecule has 2 aliphatic carbocycles. The number of aromatic nitrogens is 4. The van der Waals surface area contributed by atoms with Gasteiger partial charge in [-0.3, -0.25) is 4.68 Å². The van der Waals surface area contributed by atoms with Gasteiger partial charge in [-0.1, -0.05) is 0 Å². The van der Waals surface area contributed by atoms with Gasteiger partial charge in [0.2, 0.25) is 0 Å². The first kappa shape index (κ1) is 13.1. The second-order valence-electron chi connectivity index (χ2n) is 6.49. The first-order valence-corrected chi connectivity index (χ1v) is 7.99. The van der Waals surface area contributed by atoms with Crippen LogP contribution in [-0.2, 0) is 13.1 Å². The van der Waals surface area contributed by atoms with E-state index >= 15 is 0 Å². The zero-order valence-electron chi connectivity index (χ0n) is 12.8. The second-order valence-corrected chi connectivity index (χ2v) is 6.49. The molecule has 2 fully saturated rings. The highest BCUT2D eigenvalue weighted by Crippen LogP contribution is 2.35. The van der Waals surface area contributed by atoms with E-state index in [1.54, 1.807) is 0 Å². The van der Waals surface area contributed by atoms with Crippen LogP contribution in [-0.4, -0.2) is 25.4 Å². The molecule has 0 spiro atoms. The van der Waals surface area contributed by atoms with Gasteiger partial charge in [0.05, 0.1) is 30.5 Å². The fraction of sp³-hybridized carbons (Fsp3) is 0.625. The normalized spacial score (nSPS) is 18.4. The minimum atomic E-state index is 0.676. The van der Waals surface area contributed by atoms with E-state index in [9.17, 15) is 0 Å². The standard InChI is InChI=1S/C16H23N5/c1-11-16(8-18-13-3-4-13)12(2)21(19-11)9-15-7-17-10-20(15)14-5-6-14/h7,10,13-14,18H,3-6,8-9H2,1-2H3. The number of rotatable bonds is 6.